The van der Waals surface area contributed by atoms with Gasteiger partial charge in [-0.2, -0.15) is 0 Å². The Morgan fingerprint density at radius 2 is 1.87 bits per heavy atom. The molecule has 1 unspecified atom stereocenters. The van der Waals surface area contributed by atoms with Gasteiger partial charge in [-0.05, 0) is 33.2 Å². The molecular weight excluding hydrogens is 186 g/mol. The fourth-order valence-corrected chi connectivity index (χ4v) is 2.08. The summed E-state index contributed by atoms with van der Waals surface area (Å²) in [6.07, 6.45) is 5.18. The minimum absolute atomic E-state index is 0.572. The van der Waals surface area contributed by atoms with Gasteiger partial charge < -0.3 is 10.0 Å². The average Bonchev–Trinajstić information content (AvgIpc) is 2.09. The van der Waals surface area contributed by atoms with Crippen LogP contribution in [0, 0.1) is 5.92 Å². The van der Waals surface area contributed by atoms with Crippen molar-refractivity contribution in [3.05, 3.63) is 0 Å². The Morgan fingerprint density at radius 3 is 2.27 bits per heavy atom. The van der Waals surface area contributed by atoms with E-state index in [1.165, 1.54) is 25.7 Å². The molecule has 0 bridgehead atoms. The first kappa shape index (κ1) is 14.9. The molecule has 1 atom stereocenters. The number of unbranched alkanes of at least 4 members (excludes halogenated alkanes) is 1. The maximum absolute atomic E-state index is 9.71. The maximum Gasteiger partial charge on any atom is 0.0718 e. The second-order valence-electron chi connectivity index (χ2n) is 5.43. The van der Waals surface area contributed by atoms with E-state index in [1.54, 1.807) is 0 Å². The monoisotopic (exact) mass is 215 g/mol. The molecule has 0 amide bonds. The van der Waals surface area contributed by atoms with Gasteiger partial charge in [0.1, 0.15) is 0 Å². The van der Waals surface area contributed by atoms with Crippen LogP contribution in [0.2, 0.25) is 0 Å². The summed E-state index contributed by atoms with van der Waals surface area (Å²) in [7, 11) is 2.10. The van der Waals surface area contributed by atoms with Gasteiger partial charge in [0.25, 0.3) is 0 Å². The molecule has 15 heavy (non-hydrogen) atoms. The first-order chi connectivity index (χ1) is 6.89. The molecule has 0 rings (SSSR count). The van der Waals surface area contributed by atoms with Crippen molar-refractivity contribution in [2.24, 2.45) is 5.92 Å². The van der Waals surface area contributed by atoms with Crippen molar-refractivity contribution in [3.63, 3.8) is 0 Å². The van der Waals surface area contributed by atoms with E-state index in [1.807, 2.05) is 13.8 Å². The molecule has 2 heteroatoms. The Hall–Kier alpha value is -0.0800. The molecule has 1 N–H and O–H groups in total. The summed E-state index contributed by atoms with van der Waals surface area (Å²) in [5.74, 6) is 0.789. The molecule has 0 saturated carbocycles. The van der Waals surface area contributed by atoms with Crippen LogP contribution < -0.4 is 0 Å². The molecule has 0 fully saturated rings. The highest BCUT2D eigenvalue weighted by molar-refractivity contribution is 4.72. The molecule has 0 spiro atoms. The zero-order valence-electron chi connectivity index (χ0n) is 11.2. The van der Waals surface area contributed by atoms with E-state index in [9.17, 15) is 5.11 Å². The van der Waals surface area contributed by atoms with Crippen LogP contribution in [-0.4, -0.2) is 35.7 Å². The van der Waals surface area contributed by atoms with Crippen molar-refractivity contribution in [2.75, 3.05) is 20.1 Å². The van der Waals surface area contributed by atoms with E-state index in [0.717, 1.165) is 19.0 Å². The van der Waals surface area contributed by atoms with Crippen LogP contribution in [0.15, 0.2) is 0 Å². The fourth-order valence-electron chi connectivity index (χ4n) is 2.08. The number of hydrogen-bond acceptors (Lipinski definition) is 2. The largest absolute Gasteiger partial charge is 0.389 e. The highest BCUT2D eigenvalue weighted by atomic mass is 16.3. The van der Waals surface area contributed by atoms with E-state index < -0.39 is 5.60 Å². The number of nitrogens with zero attached hydrogens (tertiary/aromatic N) is 1. The van der Waals surface area contributed by atoms with Gasteiger partial charge in [-0.15, -0.1) is 0 Å². The zero-order valence-corrected chi connectivity index (χ0v) is 11.2. The minimum atomic E-state index is -0.572. The summed E-state index contributed by atoms with van der Waals surface area (Å²) in [5.41, 5.74) is -0.572. The number of aliphatic hydroxyl groups is 1. The van der Waals surface area contributed by atoms with Gasteiger partial charge in [-0.3, -0.25) is 0 Å². The van der Waals surface area contributed by atoms with Gasteiger partial charge in [-0.1, -0.05) is 33.1 Å². The van der Waals surface area contributed by atoms with Crippen molar-refractivity contribution >= 4 is 0 Å². The topological polar surface area (TPSA) is 23.5 Å². The molecule has 0 heterocycles. The number of likely N-dealkylation sites (N-methyl/N-ethyl adjacent to an activating group) is 1. The highest BCUT2D eigenvalue weighted by Crippen LogP contribution is 2.14. The van der Waals surface area contributed by atoms with Crippen LogP contribution in [0.25, 0.3) is 0 Å². The predicted octanol–water partition coefficient (Wildman–Crippen LogP) is 2.91. The second kappa shape index (κ2) is 7.24. The molecule has 0 aliphatic rings. The van der Waals surface area contributed by atoms with Crippen LogP contribution >= 0.6 is 0 Å². The number of hydrogen-bond donors (Lipinski definition) is 1. The maximum atomic E-state index is 9.71. The van der Waals surface area contributed by atoms with Gasteiger partial charge in [0.15, 0.2) is 0 Å². The summed E-state index contributed by atoms with van der Waals surface area (Å²) in [5, 5.41) is 9.71. The summed E-state index contributed by atoms with van der Waals surface area (Å²) in [6, 6.07) is 0. The smallest absolute Gasteiger partial charge is 0.0718 e. The molecule has 0 radical (unpaired) electrons. The minimum Gasteiger partial charge on any atom is -0.389 e. The van der Waals surface area contributed by atoms with Crippen LogP contribution in [0.4, 0.5) is 0 Å². The van der Waals surface area contributed by atoms with Crippen LogP contribution in [0.1, 0.15) is 53.4 Å². The van der Waals surface area contributed by atoms with Crippen LogP contribution in [0.5, 0.6) is 0 Å². The lowest BCUT2D eigenvalue weighted by Gasteiger charge is -2.28. The van der Waals surface area contributed by atoms with Crippen LogP contribution in [-0.2, 0) is 0 Å². The van der Waals surface area contributed by atoms with Gasteiger partial charge in [-0.25, -0.2) is 0 Å². The van der Waals surface area contributed by atoms with E-state index in [0.29, 0.717) is 0 Å². The van der Waals surface area contributed by atoms with Crippen molar-refractivity contribution in [2.45, 2.75) is 59.0 Å². The van der Waals surface area contributed by atoms with Crippen molar-refractivity contribution in [3.8, 4) is 0 Å². The van der Waals surface area contributed by atoms with E-state index in [4.69, 9.17) is 0 Å². The molecule has 0 saturated heterocycles. The molecule has 0 aromatic rings. The first-order valence-electron chi connectivity index (χ1n) is 6.30. The summed E-state index contributed by atoms with van der Waals surface area (Å²) in [6.45, 7) is 10.1. The zero-order chi connectivity index (χ0) is 11.9. The molecule has 0 aliphatic carbocycles. The van der Waals surface area contributed by atoms with Crippen LogP contribution in [0.3, 0.4) is 0 Å². The standard InChI is InChI=1S/C13H29NO/c1-6-8-9-12(7-2)10-14(5)11-13(3,4)15/h12,15H,6-11H2,1-5H3. The Morgan fingerprint density at radius 1 is 1.27 bits per heavy atom. The van der Waals surface area contributed by atoms with Crippen molar-refractivity contribution in [1.82, 2.24) is 4.90 Å². The third kappa shape index (κ3) is 8.88. The first-order valence-corrected chi connectivity index (χ1v) is 6.30. The van der Waals surface area contributed by atoms with Gasteiger partial charge >= 0.3 is 0 Å². The molecule has 2 nitrogen and oxygen atoms in total. The van der Waals surface area contributed by atoms with E-state index >= 15 is 0 Å². The lowest BCUT2D eigenvalue weighted by Crippen LogP contribution is -2.38. The third-order valence-electron chi connectivity index (χ3n) is 2.77. The second-order valence-corrected chi connectivity index (χ2v) is 5.43. The SMILES string of the molecule is CCCCC(CC)CN(C)CC(C)(C)O. The van der Waals surface area contributed by atoms with Crippen molar-refractivity contribution in [1.29, 1.82) is 0 Å². The van der Waals surface area contributed by atoms with E-state index in [2.05, 4.69) is 25.8 Å². The van der Waals surface area contributed by atoms with Gasteiger partial charge in [0, 0.05) is 13.1 Å². The Balaban J connectivity index is 3.85. The van der Waals surface area contributed by atoms with E-state index in [-0.39, 0.29) is 0 Å². The van der Waals surface area contributed by atoms with Gasteiger partial charge in [0.2, 0.25) is 0 Å². The molecule has 0 aromatic heterocycles. The summed E-state index contributed by atoms with van der Waals surface area (Å²) in [4.78, 5) is 2.25. The predicted molar refractivity (Wildman–Crippen MR) is 67.1 cm³/mol. The summed E-state index contributed by atoms with van der Waals surface area (Å²) < 4.78 is 0. The molecular formula is C13H29NO. The Bertz CT molecular complexity index is 151. The Kier molecular flexibility index (Phi) is 7.20. The highest BCUT2D eigenvalue weighted by Gasteiger charge is 2.17. The lowest BCUT2D eigenvalue weighted by atomic mass is 9.98. The molecule has 0 aromatic carbocycles. The lowest BCUT2D eigenvalue weighted by molar-refractivity contribution is 0.0395. The number of rotatable bonds is 8. The van der Waals surface area contributed by atoms with Gasteiger partial charge in [0.05, 0.1) is 5.60 Å². The molecule has 92 valence electrons. The van der Waals surface area contributed by atoms with Crippen molar-refractivity contribution < 1.29 is 5.11 Å². The summed E-state index contributed by atoms with van der Waals surface area (Å²) >= 11 is 0. The quantitative estimate of drug-likeness (QED) is 0.673. The normalized spacial score (nSPS) is 14.6. The molecule has 0 aliphatic heterocycles. The third-order valence-corrected chi connectivity index (χ3v) is 2.77. The Labute approximate surface area is 95.7 Å². The fraction of sp³-hybridized carbons (Fsp3) is 1.00. The average molecular weight is 215 g/mol.